The fourth-order valence-corrected chi connectivity index (χ4v) is 3.75. The van der Waals surface area contributed by atoms with Gasteiger partial charge in [0.2, 0.25) is 0 Å². The first-order valence-corrected chi connectivity index (χ1v) is 9.29. The molecule has 0 spiro atoms. The highest BCUT2D eigenvalue weighted by atomic mass is 16.6. The van der Waals surface area contributed by atoms with Gasteiger partial charge in [-0.2, -0.15) is 5.10 Å². The Morgan fingerprint density at radius 3 is 2.55 bits per heavy atom. The topological polar surface area (TPSA) is 101 Å². The first-order valence-electron chi connectivity index (χ1n) is 9.29. The molecule has 1 N–H and O–H groups in total. The van der Waals surface area contributed by atoms with Crippen LogP contribution in [-0.2, 0) is 4.74 Å². The summed E-state index contributed by atoms with van der Waals surface area (Å²) in [6, 6.07) is 15.6. The van der Waals surface area contributed by atoms with Crippen LogP contribution in [0, 0.1) is 10.1 Å². The van der Waals surface area contributed by atoms with E-state index in [4.69, 9.17) is 4.74 Å². The van der Waals surface area contributed by atoms with E-state index in [1.165, 1.54) is 12.1 Å². The molecule has 1 amide bonds. The van der Waals surface area contributed by atoms with E-state index in [0.717, 1.165) is 16.7 Å². The Hall–Kier alpha value is -3.52. The van der Waals surface area contributed by atoms with E-state index in [-0.39, 0.29) is 17.6 Å². The number of carbonyl (C=O) groups is 1. The van der Waals surface area contributed by atoms with Gasteiger partial charge in [-0.05, 0) is 24.1 Å². The number of methoxy groups -OCH3 is 1. The third kappa shape index (κ3) is 3.38. The van der Waals surface area contributed by atoms with Crippen molar-refractivity contribution in [2.24, 2.45) is 0 Å². The summed E-state index contributed by atoms with van der Waals surface area (Å²) >= 11 is 0. The van der Waals surface area contributed by atoms with Gasteiger partial charge in [-0.1, -0.05) is 30.3 Å². The number of nitrogens with zero attached hydrogens (tertiary/aromatic N) is 3. The first-order chi connectivity index (χ1) is 14.1. The Balaban J connectivity index is 1.80. The average Bonchev–Trinajstić information content (AvgIpc) is 3.28. The molecule has 0 saturated heterocycles. The van der Waals surface area contributed by atoms with E-state index in [2.05, 4.69) is 10.2 Å². The molecule has 0 aliphatic carbocycles. The van der Waals surface area contributed by atoms with E-state index < -0.39 is 4.92 Å². The number of aromatic nitrogens is 2. The molecule has 1 aliphatic rings. The fraction of sp³-hybridized carbons (Fsp3) is 0.238. The Morgan fingerprint density at radius 2 is 1.90 bits per heavy atom. The van der Waals surface area contributed by atoms with Crippen molar-refractivity contribution in [3.8, 4) is 11.3 Å². The summed E-state index contributed by atoms with van der Waals surface area (Å²) in [5.41, 5.74) is 3.70. The van der Waals surface area contributed by atoms with Crippen LogP contribution >= 0.6 is 0 Å². The molecule has 1 aromatic heterocycles. The van der Waals surface area contributed by atoms with Crippen LogP contribution < -0.4 is 0 Å². The molecule has 148 valence electrons. The number of hydrogen-bond acceptors (Lipinski definition) is 5. The van der Waals surface area contributed by atoms with Gasteiger partial charge in [-0.25, -0.2) is 0 Å². The van der Waals surface area contributed by atoms with Crippen molar-refractivity contribution in [2.75, 3.05) is 20.3 Å². The number of nitrogens with one attached hydrogen (secondary N) is 1. The maximum Gasteiger partial charge on any atom is 0.273 e. The molecular formula is C21H20N4O4. The van der Waals surface area contributed by atoms with E-state index >= 15 is 0 Å². The fourth-order valence-electron chi connectivity index (χ4n) is 3.75. The van der Waals surface area contributed by atoms with Crippen LogP contribution in [0.5, 0.6) is 0 Å². The molecule has 2 aromatic carbocycles. The smallest absolute Gasteiger partial charge is 0.273 e. The van der Waals surface area contributed by atoms with Gasteiger partial charge in [0.1, 0.15) is 5.69 Å². The lowest BCUT2D eigenvalue weighted by molar-refractivity contribution is -0.384. The van der Waals surface area contributed by atoms with Gasteiger partial charge in [0.15, 0.2) is 0 Å². The summed E-state index contributed by atoms with van der Waals surface area (Å²) in [4.78, 5) is 25.5. The molecular weight excluding hydrogens is 372 g/mol. The lowest BCUT2D eigenvalue weighted by Crippen LogP contribution is -2.31. The molecule has 1 aliphatic heterocycles. The van der Waals surface area contributed by atoms with Crippen molar-refractivity contribution in [1.82, 2.24) is 15.1 Å². The minimum atomic E-state index is -0.432. The van der Waals surface area contributed by atoms with Crippen LogP contribution in [0.4, 0.5) is 5.69 Å². The number of aromatic amines is 1. The molecule has 3 aromatic rings. The quantitative estimate of drug-likeness (QED) is 0.376. The van der Waals surface area contributed by atoms with Gasteiger partial charge in [-0.15, -0.1) is 0 Å². The number of carbonyl (C=O) groups excluding carboxylic acids is 1. The van der Waals surface area contributed by atoms with Crippen LogP contribution in [0.25, 0.3) is 11.3 Å². The second-order valence-corrected chi connectivity index (χ2v) is 6.82. The zero-order valence-electron chi connectivity index (χ0n) is 15.9. The largest absolute Gasteiger partial charge is 0.385 e. The number of nitro benzene ring substituents is 1. The minimum Gasteiger partial charge on any atom is -0.385 e. The normalized spacial score (nSPS) is 15.6. The number of ether oxygens (including phenoxy) is 1. The lowest BCUT2D eigenvalue weighted by atomic mass is 9.96. The predicted molar refractivity (Wildman–Crippen MR) is 106 cm³/mol. The van der Waals surface area contributed by atoms with Gasteiger partial charge in [-0.3, -0.25) is 20.0 Å². The third-order valence-electron chi connectivity index (χ3n) is 5.08. The van der Waals surface area contributed by atoms with Gasteiger partial charge >= 0.3 is 0 Å². The molecule has 29 heavy (non-hydrogen) atoms. The highest BCUT2D eigenvalue weighted by molar-refractivity contribution is 6.00. The van der Waals surface area contributed by atoms with Crippen LogP contribution in [-0.4, -0.2) is 46.2 Å². The van der Waals surface area contributed by atoms with Crippen molar-refractivity contribution in [2.45, 2.75) is 12.5 Å². The van der Waals surface area contributed by atoms with Crippen LogP contribution in [0.3, 0.4) is 0 Å². The molecule has 1 atom stereocenters. The molecule has 2 heterocycles. The molecule has 0 fully saturated rings. The first kappa shape index (κ1) is 18.8. The van der Waals surface area contributed by atoms with Crippen molar-refractivity contribution in [3.63, 3.8) is 0 Å². The van der Waals surface area contributed by atoms with Gasteiger partial charge < -0.3 is 9.64 Å². The Morgan fingerprint density at radius 1 is 1.17 bits per heavy atom. The summed E-state index contributed by atoms with van der Waals surface area (Å²) in [5, 5.41) is 18.3. The van der Waals surface area contributed by atoms with Crippen molar-refractivity contribution in [3.05, 3.63) is 81.5 Å². The van der Waals surface area contributed by atoms with Crippen molar-refractivity contribution in [1.29, 1.82) is 0 Å². The number of non-ortho nitro benzene ring substituents is 1. The number of rotatable bonds is 7. The molecule has 0 saturated carbocycles. The average molecular weight is 392 g/mol. The van der Waals surface area contributed by atoms with Crippen molar-refractivity contribution < 1.29 is 14.5 Å². The van der Waals surface area contributed by atoms with Crippen LogP contribution in [0.15, 0.2) is 54.6 Å². The van der Waals surface area contributed by atoms with E-state index in [1.807, 2.05) is 30.3 Å². The number of H-pyrrole nitrogens is 1. The molecule has 0 bridgehead atoms. The van der Waals surface area contributed by atoms with Gasteiger partial charge in [0.25, 0.3) is 11.6 Å². The maximum atomic E-state index is 13.1. The second kappa shape index (κ2) is 7.84. The SMILES string of the molecule is COCCCN1C(=O)c2[nH]nc(-c3ccccc3)c2C1c1ccc([N+](=O)[O-])cc1. The summed E-state index contributed by atoms with van der Waals surface area (Å²) in [5.74, 6) is -0.130. The predicted octanol–water partition coefficient (Wildman–Crippen LogP) is 3.57. The Kier molecular flexibility index (Phi) is 5.09. The van der Waals surface area contributed by atoms with Gasteiger partial charge in [0, 0.05) is 43.5 Å². The van der Waals surface area contributed by atoms with Crippen molar-refractivity contribution >= 4 is 11.6 Å². The number of amides is 1. The Labute approximate surface area is 167 Å². The number of fused-ring (bicyclic) bond motifs is 1. The summed E-state index contributed by atoms with van der Waals surface area (Å²) in [6.07, 6.45) is 0.685. The van der Waals surface area contributed by atoms with E-state index in [1.54, 1.807) is 24.1 Å². The zero-order chi connectivity index (χ0) is 20.4. The molecule has 8 heteroatoms. The summed E-state index contributed by atoms with van der Waals surface area (Å²) in [7, 11) is 1.62. The number of benzene rings is 2. The highest BCUT2D eigenvalue weighted by Gasteiger charge is 2.41. The zero-order valence-corrected chi connectivity index (χ0v) is 15.9. The monoisotopic (exact) mass is 392 g/mol. The summed E-state index contributed by atoms with van der Waals surface area (Å²) in [6.45, 7) is 1.04. The highest BCUT2D eigenvalue weighted by Crippen LogP contribution is 2.42. The standard InChI is InChI=1S/C21H20N4O4/c1-29-13-5-12-24-20(15-8-10-16(11-9-15)25(27)28)17-18(14-6-3-2-4-7-14)22-23-19(17)21(24)26/h2-4,6-11,20H,5,12-13H2,1H3,(H,22,23). The van der Waals surface area contributed by atoms with Crippen LogP contribution in [0.1, 0.15) is 34.1 Å². The third-order valence-corrected chi connectivity index (χ3v) is 5.08. The van der Waals surface area contributed by atoms with Gasteiger partial charge in [0.05, 0.1) is 16.7 Å². The minimum absolute atomic E-state index is 0.0136. The number of nitro groups is 1. The molecule has 8 nitrogen and oxygen atoms in total. The molecule has 0 radical (unpaired) electrons. The molecule has 1 unspecified atom stereocenters. The lowest BCUT2D eigenvalue weighted by Gasteiger charge is -2.26. The summed E-state index contributed by atoms with van der Waals surface area (Å²) < 4.78 is 5.14. The maximum absolute atomic E-state index is 13.1. The van der Waals surface area contributed by atoms with E-state index in [9.17, 15) is 14.9 Å². The number of hydrogen-bond donors (Lipinski definition) is 1. The molecule has 4 rings (SSSR count). The second-order valence-electron chi connectivity index (χ2n) is 6.82. The Bertz CT molecular complexity index is 1030. The van der Waals surface area contributed by atoms with E-state index in [0.29, 0.717) is 31.0 Å². The van der Waals surface area contributed by atoms with Crippen LogP contribution in [0.2, 0.25) is 0 Å².